The molecule has 1 unspecified atom stereocenters. The molecule has 0 aromatic heterocycles. The lowest BCUT2D eigenvalue weighted by Crippen LogP contribution is -2.37. The average Bonchev–Trinajstić information content (AvgIpc) is 2.03. The number of carbonyl (C=O) groups is 1. The smallest absolute Gasteiger partial charge is 0.225 e. The maximum Gasteiger partial charge on any atom is 0.225 e. The molecular formula is C10H21NO2. The first-order chi connectivity index (χ1) is 5.90. The molecule has 0 aromatic rings. The molecule has 0 spiro atoms. The monoisotopic (exact) mass is 187 g/mol. The van der Waals surface area contributed by atoms with Gasteiger partial charge in [-0.3, -0.25) is 4.79 Å². The van der Waals surface area contributed by atoms with Gasteiger partial charge in [0.1, 0.15) is 0 Å². The number of carbonyl (C=O) groups excluding carboxylic acids is 1. The van der Waals surface area contributed by atoms with Gasteiger partial charge in [-0.05, 0) is 19.8 Å². The lowest BCUT2D eigenvalue weighted by molar-refractivity contribution is -0.129. The first kappa shape index (κ1) is 12.4. The van der Waals surface area contributed by atoms with E-state index in [9.17, 15) is 4.79 Å². The van der Waals surface area contributed by atoms with Crippen LogP contribution in [0.5, 0.6) is 0 Å². The number of nitrogens with one attached hydrogen (secondary N) is 1. The number of rotatable bonds is 5. The maximum atomic E-state index is 11.5. The van der Waals surface area contributed by atoms with E-state index in [1.54, 1.807) is 6.92 Å². The highest BCUT2D eigenvalue weighted by Crippen LogP contribution is 2.19. The molecule has 1 amide bonds. The fraction of sp³-hybridized carbons (Fsp3) is 0.900. The van der Waals surface area contributed by atoms with Crippen molar-refractivity contribution in [1.82, 2.24) is 5.32 Å². The summed E-state index contributed by atoms with van der Waals surface area (Å²) in [6.07, 6.45) is 1.10. The molecule has 3 nitrogen and oxygen atoms in total. The van der Waals surface area contributed by atoms with Gasteiger partial charge in [0.15, 0.2) is 0 Å². The second-order valence-electron chi connectivity index (χ2n) is 4.13. The molecule has 78 valence electrons. The molecular weight excluding hydrogens is 166 g/mol. The first-order valence-electron chi connectivity index (χ1n) is 4.86. The standard InChI is InChI=1S/C10H21NO2/c1-5-10(3,4)9(13)11-7-6-8(2)12/h8,12H,5-7H2,1-4H3,(H,11,13). The zero-order valence-corrected chi connectivity index (χ0v) is 9.05. The highest BCUT2D eigenvalue weighted by atomic mass is 16.3. The minimum Gasteiger partial charge on any atom is -0.393 e. The van der Waals surface area contributed by atoms with Crippen LogP contribution in [-0.2, 0) is 4.79 Å². The first-order valence-corrected chi connectivity index (χ1v) is 4.86. The third-order valence-electron chi connectivity index (χ3n) is 2.35. The van der Waals surface area contributed by atoms with Crippen molar-refractivity contribution in [3.63, 3.8) is 0 Å². The molecule has 0 saturated heterocycles. The predicted octanol–water partition coefficient (Wildman–Crippen LogP) is 1.31. The second kappa shape index (κ2) is 5.22. The third-order valence-corrected chi connectivity index (χ3v) is 2.35. The van der Waals surface area contributed by atoms with Crippen molar-refractivity contribution in [2.24, 2.45) is 5.41 Å². The normalized spacial score (nSPS) is 13.9. The predicted molar refractivity (Wildman–Crippen MR) is 53.4 cm³/mol. The molecule has 0 rings (SSSR count). The van der Waals surface area contributed by atoms with Gasteiger partial charge in [0.2, 0.25) is 5.91 Å². The van der Waals surface area contributed by atoms with Gasteiger partial charge in [0.25, 0.3) is 0 Å². The van der Waals surface area contributed by atoms with Gasteiger partial charge in [-0.15, -0.1) is 0 Å². The van der Waals surface area contributed by atoms with Crippen LogP contribution in [0.15, 0.2) is 0 Å². The van der Waals surface area contributed by atoms with Gasteiger partial charge in [0, 0.05) is 12.0 Å². The number of aliphatic hydroxyl groups is 1. The van der Waals surface area contributed by atoms with Crippen LogP contribution >= 0.6 is 0 Å². The number of hydrogen-bond donors (Lipinski definition) is 2. The summed E-state index contributed by atoms with van der Waals surface area (Å²) in [5, 5.41) is 11.8. The molecule has 0 aliphatic heterocycles. The van der Waals surface area contributed by atoms with E-state index in [0.717, 1.165) is 6.42 Å². The Labute approximate surface area is 80.5 Å². The molecule has 0 aliphatic rings. The summed E-state index contributed by atoms with van der Waals surface area (Å²) >= 11 is 0. The van der Waals surface area contributed by atoms with Crippen molar-refractivity contribution < 1.29 is 9.90 Å². The summed E-state index contributed by atoms with van der Waals surface area (Å²) in [5.41, 5.74) is -0.293. The molecule has 0 radical (unpaired) electrons. The topological polar surface area (TPSA) is 49.3 Å². The number of hydrogen-bond acceptors (Lipinski definition) is 2. The third kappa shape index (κ3) is 4.88. The van der Waals surface area contributed by atoms with Crippen molar-refractivity contribution >= 4 is 5.91 Å². The second-order valence-corrected chi connectivity index (χ2v) is 4.13. The average molecular weight is 187 g/mol. The molecule has 0 aromatic carbocycles. The van der Waals surface area contributed by atoms with E-state index in [4.69, 9.17) is 5.11 Å². The van der Waals surface area contributed by atoms with Gasteiger partial charge in [-0.2, -0.15) is 0 Å². The lowest BCUT2D eigenvalue weighted by Gasteiger charge is -2.21. The summed E-state index contributed by atoms with van der Waals surface area (Å²) in [4.78, 5) is 11.5. The maximum absolute atomic E-state index is 11.5. The Kier molecular flexibility index (Phi) is 4.99. The minimum absolute atomic E-state index is 0.0654. The number of amides is 1. The van der Waals surface area contributed by atoms with Crippen molar-refractivity contribution in [2.45, 2.75) is 46.6 Å². The molecule has 0 bridgehead atoms. The summed E-state index contributed by atoms with van der Waals surface area (Å²) in [5.74, 6) is 0.0654. The highest BCUT2D eigenvalue weighted by molar-refractivity contribution is 5.81. The van der Waals surface area contributed by atoms with Crippen LogP contribution in [0, 0.1) is 5.41 Å². The van der Waals surface area contributed by atoms with Gasteiger partial charge in [0.05, 0.1) is 6.10 Å². The largest absolute Gasteiger partial charge is 0.393 e. The summed E-state index contributed by atoms with van der Waals surface area (Å²) < 4.78 is 0. The van der Waals surface area contributed by atoms with E-state index >= 15 is 0 Å². The minimum atomic E-state index is -0.343. The Morgan fingerprint density at radius 1 is 1.54 bits per heavy atom. The van der Waals surface area contributed by atoms with E-state index in [-0.39, 0.29) is 17.4 Å². The Hall–Kier alpha value is -0.570. The van der Waals surface area contributed by atoms with Crippen molar-refractivity contribution in [3.8, 4) is 0 Å². The Balaban J connectivity index is 3.75. The van der Waals surface area contributed by atoms with Crippen molar-refractivity contribution in [3.05, 3.63) is 0 Å². The summed E-state index contributed by atoms with van der Waals surface area (Å²) in [6.45, 7) is 8.11. The summed E-state index contributed by atoms with van der Waals surface area (Å²) in [6, 6.07) is 0. The van der Waals surface area contributed by atoms with Crippen LogP contribution < -0.4 is 5.32 Å². The molecule has 3 heteroatoms. The van der Waals surface area contributed by atoms with Crippen LogP contribution in [0.2, 0.25) is 0 Å². The molecule has 0 heterocycles. The molecule has 2 N–H and O–H groups in total. The van der Waals surface area contributed by atoms with Gasteiger partial charge < -0.3 is 10.4 Å². The van der Waals surface area contributed by atoms with Gasteiger partial charge in [-0.25, -0.2) is 0 Å². The van der Waals surface area contributed by atoms with Crippen LogP contribution in [-0.4, -0.2) is 23.7 Å². The molecule has 13 heavy (non-hydrogen) atoms. The molecule has 0 saturated carbocycles. The highest BCUT2D eigenvalue weighted by Gasteiger charge is 2.24. The zero-order chi connectivity index (χ0) is 10.5. The van der Waals surface area contributed by atoms with Gasteiger partial charge >= 0.3 is 0 Å². The fourth-order valence-electron chi connectivity index (χ4n) is 0.794. The van der Waals surface area contributed by atoms with Gasteiger partial charge in [-0.1, -0.05) is 20.8 Å². The van der Waals surface area contributed by atoms with Crippen LogP contribution in [0.4, 0.5) is 0 Å². The van der Waals surface area contributed by atoms with E-state index < -0.39 is 0 Å². The van der Waals surface area contributed by atoms with Crippen molar-refractivity contribution in [1.29, 1.82) is 0 Å². The van der Waals surface area contributed by atoms with E-state index in [0.29, 0.717) is 13.0 Å². The quantitative estimate of drug-likeness (QED) is 0.681. The van der Waals surface area contributed by atoms with Crippen LogP contribution in [0.25, 0.3) is 0 Å². The zero-order valence-electron chi connectivity index (χ0n) is 9.05. The van der Waals surface area contributed by atoms with Crippen molar-refractivity contribution in [2.75, 3.05) is 6.54 Å². The lowest BCUT2D eigenvalue weighted by atomic mass is 9.89. The Bertz CT molecular complexity index is 164. The van der Waals surface area contributed by atoms with E-state index in [2.05, 4.69) is 5.32 Å². The van der Waals surface area contributed by atoms with E-state index in [1.165, 1.54) is 0 Å². The molecule has 0 fully saturated rings. The van der Waals surface area contributed by atoms with Crippen LogP contribution in [0.3, 0.4) is 0 Å². The number of aliphatic hydroxyl groups excluding tert-OH is 1. The Morgan fingerprint density at radius 3 is 2.46 bits per heavy atom. The Morgan fingerprint density at radius 2 is 2.08 bits per heavy atom. The SMILES string of the molecule is CCC(C)(C)C(=O)NCCC(C)O. The fourth-order valence-corrected chi connectivity index (χ4v) is 0.794. The molecule has 1 atom stereocenters. The van der Waals surface area contributed by atoms with Crippen LogP contribution in [0.1, 0.15) is 40.5 Å². The molecule has 0 aliphatic carbocycles. The summed E-state index contributed by atoms with van der Waals surface area (Å²) in [7, 11) is 0. The van der Waals surface area contributed by atoms with E-state index in [1.807, 2.05) is 20.8 Å².